The van der Waals surface area contributed by atoms with Gasteiger partial charge in [0, 0.05) is 29.9 Å². The number of carboxylic acid groups (broad SMARTS) is 1. The Bertz CT molecular complexity index is 1110. The monoisotopic (exact) mass is 406 g/mol. The molecule has 2 aliphatic heterocycles. The minimum Gasteiger partial charge on any atom is -0.465 e. The largest absolute Gasteiger partial charge is 0.465 e. The second-order valence-electron chi connectivity index (χ2n) is 6.72. The number of urea groups is 1. The fraction of sp³-hybridized carbons (Fsp3) is 0.143. The van der Waals surface area contributed by atoms with Crippen molar-refractivity contribution >= 4 is 40.8 Å². The van der Waals surface area contributed by atoms with Crippen LogP contribution in [-0.4, -0.2) is 42.0 Å². The Hall–Kier alpha value is -4.14. The number of ketones is 1. The molecule has 4 amide bonds. The van der Waals surface area contributed by atoms with Gasteiger partial charge in [0.15, 0.2) is 0 Å². The summed E-state index contributed by atoms with van der Waals surface area (Å²) in [6.45, 7) is 0.353. The maximum absolute atomic E-state index is 13.2. The molecule has 9 nitrogen and oxygen atoms in total. The van der Waals surface area contributed by atoms with Gasteiger partial charge in [-0.15, -0.1) is 0 Å². The molecule has 0 aromatic heterocycles. The van der Waals surface area contributed by atoms with Crippen molar-refractivity contribution in [3.8, 4) is 0 Å². The highest BCUT2D eigenvalue weighted by molar-refractivity contribution is 6.44. The van der Waals surface area contributed by atoms with Crippen molar-refractivity contribution in [2.75, 3.05) is 23.3 Å². The van der Waals surface area contributed by atoms with E-state index in [1.807, 2.05) is 0 Å². The standard InChI is InChI=1S/C21H18N4O5/c26-18-12-6-1-3-8-14(12)24-17(18)16-13-7-2-4-9-15(13)25(19(16)27)20(28)22-10-5-11-23-21(29)30/h1-4,6-9,23-24H,5,10-11H2,(H,22,28)(H,29,30)/b17-16-. The number of amides is 4. The molecule has 2 aliphatic rings. The Morgan fingerprint density at radius 3 is 2.33 bits per heavy atom. The van der Waals surface area contributed by atoms with E-state index in [1.54, 1.807) is 48.5 Å². The van der Waals surface area contributed by atoms with Gasteiger partial charge in [-0.25, -0.2) is 14.5 Å². The van der Waals surface area contributed by atoms with Gasteiger partial charge in [0.25, 0.3) is 5.91 Å². The number of imide groups is 1. The number of rotatable bonds is 4. The van der Waals surface area contributed by atoms with Crippen molar-refractivity contribution in [2.24, 2.45) is 0 Å². The molecule has 4 N–H and O–H groups in total. The van der Waals surface area contributed by atoms with Crippen LogP contribution in [0.2, 0.25) is 0 Å². The number of carbonyl (C=O) groups is 4. The number of fused-ring (bicyclic) bond motifs is 2. The first-order valence-electron chi connectivity index (χ1n) is 9.32. The van der Waals surface area contributed by atoms with Crippen LogP contribution in [0.4, 0.5) is 21.0 Å². The number of hydrogen-bond acceptors (Lipinski definition) is 5. The van der Waals surface area contributed by atoms with E-state index < -0.39 is 18.0 Å². The molecule has 9 heteroatoms. The van der Waals surface area contributed by atoms with Crippen LogP contribution in [0, 0.1) is 0 Å². The number of carbonyl (C=O) groups excluding carboxylic acids is 3. The number of allylic oxidation sites excluding steroid dienone is 1. The lowest BCUT2D eigenvalue weighted by molar-refractivity contribution is -0.112. The first-order valence-corrected chi connectivity index (χ1v) is 9.32. The predicted octanol–water partition coefficient (Wildman–Crippen LogP) is 2.42. The highest BCUT2D eigenvalue weighted by Gasteiger charge is 2.41. The minimum absolute atomic E-state index is 0.148. The number of hydrogen-bond donors (Lipinski definition) is 4. The van der Waals surface area contributed by atoms with Crippen LogP contribution >= 0.6 is 0 Å². The molecule has 0 fully saturated rings. The zero-order valence-corrected chi connectivity index (χ0v) is 15.8. The molecule has 0 unspecified atom stereocenters. The molecule has 152 valence electrons. The summed E-state index contributed by atoms with van der Waals surface area (Å²) >= 11 is 0. The van der Waals surface area contributed by atoms with E-state index in [0.29, 0.717) is 28.9 Å². The normalized spacial score (nSPS) is 16.7. The van der Waals surface area contributed by atoms with Gasteiger partial charge in [-0.3, -0.25) is 9.59 Å². The second kappa shape index (κ2) is 7.70. The third-order valence-electron chi connectivity index (χ3n) is 4.85. The zero-order chi connectivity index (χ0) is 21.3. The van der Waals surface area contributed by atoms with Crippen molar-refractivity contribution in [2.45, 2.75) is 6.42 Å². The molecule has 30 heavy (non-hydrogen) atoms. The van der Waals surface area contributed by atoms with Gasteiger partial charge >= 0.3 is 12.1 Å². The Labute approximate surface area is 171 Å². The van der Waals surface area contributed by atoms with Crippen LogP contribution in [0.3, 0.4) is 0 Å². The maximum Gasteiger partial charge on any atom is 0.404 e. The van der Waals surface area contributed by atoms with Crippen LogP contribution < -0.4 is 20.9 Å². The molecular formula is C21H18N4O5. The van der Waals surface area contributed by atoms with E-state index in [4.69, 9.17) is 5.11 Å². The third-order valence-corrected chi connectivity index (χ3v) is 4.85. The fourth-order valence-corrected chi connectivity index (χ4v) is 3.51. The third kappa shape index (κ3) is 3.26. The summed E-state index contributed by atoms with van der Waals surface area (Å²) in [5.41, 5.74) is 2.26. The van der Waals surface area contributed by atoms with E-state index in [0.717, 1.165) is 4.90 Å². The molecule has 0 radical (unpaired) electrons. The molecule has 2 aromatic carbocycles. The fourth-order valence-electron chi connectivity index (χ4n) is 3.51. The van der Waals surface area contributed by atoms with Crippen molar-refractivity contribution in [1.82, 2.24) is 10.6 Å². The van der Waals surface area contributed by atoms with E-state index in [2.05, 4.69) is 16.0 Å². The summed E-state index contributed by atoms with van der Waals surface area (Å²) in [7, 11) is 0. The molecule has 0 aliphatic carbocycles. The van der Waals surface area contributed by atoms with Gasteiger partial charge in [0.1, 0.15) is 5.70 Å². The zero-order valence-electron chi connectivity index (χ0n) is 15.8. The molecule has 2 heterocycles. The van der Waals surface area contributed by atoms with Gasteiger partial charge in [0.2, 0.25) is 5.78 Å². The molecule has 4 rings (SSSR count). The predicted molar refractivity (Wildman–Crippen MR) is 109 cm³/mol. The van der Waals surface area contributed by atoms with Gasteiger partial charge in [-0.1, -0.05) is 30.3 Å². The van der Waals surface area contributed by atoms with Crippen LogP contribution in [0.15, 0.2) is 54.2 Å². The molecule has 2 aromatic rings. The Morgan fingerprint density at radius 1 is 0.933 bits per heavy atom. The minimum atomic E-state index is -1.14. The van der Waals surface area contributed by atoms with Crippen molar-refractivity contribution in [3.05, 3.63) is 65.4 Å². The van der Waals surface area contributed by atoms with Crippen LogP contribution in [-0.2, 0) is 4.79 Å². The van der Waals surface area contributed by atoms with E-state index in [1.165, 1.54) is 0 Å². The summed E-state index contributed by atoms with van der Waals surface area (Å²) in [5, 5.41) is 16.4. The van der Waals surface area contributed by atoms with Gasteiger partial charge in [0.05, 0.1) is 11.3 Å². The Balaban J connectivity index is 1.60. The molecule has 0 atom stereocenters. The molecular weight excluding hydrogens is 388 g/mol. The highest BCUT2D eigenvalue weighted by atomic mass is 16.4. The van der Waals surface area contributed by atoms with Crippen molar-refractivity contribution < 1.29 is 24.3 Å². The first-order chi connectivity index (χ1) is 14.5. The lowest BCUT2D eigenvalue weighted by Crippen LogP contribution is -2.42. The quantitative estimate of drug-likeness (QED) is 0.456. The van der Waals surface area contributed by atoms with E-state index in [-0.39, 0.29) is 30.1 Å². The van der Waals surface area contributed by atoms with Crippen molar-refractivity contribution in [1.29, 1.82) is 0 Å². The summed E-state index contributed by atoms with van der Waals surface area (Å²) in [6.07, 6.45) is -0.777. The molecule has 0 saturated carbocycles. The number of Topliss-reactive ketones (excluding diaryl/α,β-unsaturated/α-hetero) is 1. The van der Waals surface area contributed by atoms with Gasteiger partial charge in [-0.05, 0) is 24.6 Å². The topological polar surface area (TPSA) is 128 Å². The summed E-state index contributed by atoms with van der Waals surface area (Å²) in [5.74, 6) is -0.897. The Kier molecular flexibility index (Phi) is 4.93. The van der Waals surface area contributed by atoms with E-state index in [9.17, 15) is 19.2 Å². The molecule has 0 bridgehead atoms. The van der Waals surface area contributed by atoms with Crippen LogP contribution in [0.5, 0.6) is 0 Å². The summed E-state index contributed by atoms with van der Waals surface area (Å²) in [4.78, 5) is 50.2. The first kappa shape index (κ1) is 19.2. The average molecular weight is 406 g/mol. The highest BCUT2D eigenvalue weighted by Crippen LogP contribution is 2.41. The summed E-state index contributed by atoms with van der Waals surface area (Å²) in [6, 6.07) is 13.1. The van der Waals surface area contributed by atoms with Crippen LogP contribution in [0.1, 0.15) is 22.3 Å². The number of nitrogens with one attached hydrogen (secondary N) is 3. The number of anilines is 2. The molecule has 0 saturated heterocycles. The summed E-state index contributed by atoms with van der Waals surface area (Å²) < 4.78 is 0. The number of para-hydroxylation sites is 2. The lowest BCUT2D eigenvalue weighted by Gasteiger charge is -2.16. The molecule has 0 spiro atoms. The van der Waals surface area contributed by atoms with Gasteiger partial charge in [-0.2, -0.15) is 0 Å². The SMILES string of the molecule is O=C(O)NCCCNC(=O)N1C(=O)/C(=C2\Nc3ccccc3C2=O)c2ccccc21. The van der Waals surface area contributed by atoms with Gasteiger partial charge < -0.3 is 21.1 Å². The second-order valence-corrected chi connectivity index (χ2v) is 6.72. The van der Waals surface area contributed by atoms with Crippen molar-refractivity contribution in [3.63, 3.8) is 0 Å². The Morgan fingerprint density at radius 2 is 1.60 bits per heavy atom. The average Bonchev–Trinajstić information content (AvgIpc) is 3.21. The lowest BCUT2D eigenvalue weighted by atomic mass is 10.0. The van der Waals surface area contributed by atoms with Crippen LogP contribution in [0.25, 0.3) is 5.57 Å². The maximum atomic E-state index is 13.2. The smallest absolute Gasteiger partial charge is 0.404 e. The number of benzene rings is 2. The van der Waals surface area contributed by atoms with E-state index >= 15 is 0 Å². The number of nitrogens with zero attached hydrogens (tertiary/aromatic N) is 1.